The van der Waals surface area contributed by atoms with Crippen molar-refractivity contribution in [3.8, 4) is 0 Å². The molecule has 0 aliphatic carbocycles. The maximum absolute atomic E-state index is 11.7. The zero-order valence-electron chi connectivity index (χ0n) is 11.0. The fourth-order valence-corrected chi connectivity index (χ4v) is 2.86. The second-order valence-electron chi connectivity index (χ2n) is 4.25. The van der Waals surface area contributed by atoms with E-state index in [1.54, 1.807) is 12.1 Å². The summed E-state index contributed by atoms with van der Waals surface area (Å²) in [4.78, 5) is 11.3. The summed E-state index contributed by atoms with van der Waals surface area (Å²) in [7, 11) is -4.11. The number of nitrogens with one attached hydrogen (secondary N) is 2. The average Bonchev–Trinajstić information content (AvgIpc) is 2.96. The van der Waals surface area contributed by atoms with Gasteiger partial charge < -0.3 is 9.73 Å². The van der Waals surface area contributed by atoms with Crippen molar-refractivity contribution in [2.45, 2.75) is 11.4 Å². The Morgan fingerprint density at radius 1 is 1.41 bits per heavy atom. The number of hydroxylamine groups is 1. The summed E-state index contributed by atoms with van der Waals surface area (Å²) < 4.78 is 28.0. The summed E-state index contributed by atoms with van der Waals surface area (Å²) in [6.45, 7) is 0.226. The first-order valence-electron chi connectivity index (χ1n) is 5.90. The molecule has 10 heteroatoms. The molecule has 0 spiro atoms. The van der Waals surface area contributed by atoms with E-state index >= 15 is 0 Å². The van der Waals surface area contributed by atoms with Crippen molar-refractivity contribution in [1.29, 1.82) is 0 Å². The van der Waals surface area contributed by atoms with Gasteiger partial charge in [0.05, 0.1) is 23.4 Å². The van der Waals surface area contributed by atoms with Crippen LogP contribution in [-0.4, -0.2) is 19.5 Å². The fourth-order valence-electron chi connectivity index (χ4n) is 1.76. The largest absolute Gasteiger partial charge is 0.467 e. The third-order valence-electron chi connectivity index (χ3n) is 2.76. The van der Waals surface area contributed by atoms with Crippen LogP contribution >= 0.6 is 11.6 Å². The van der Waals surface area contributed by atoms with Crippen LogP contribution in [0.1, 0.15) is 16.1 Å². The van der Waals surface area contributed by atoms with Crippen molar-refractivity contribution in [1.82, 2.24) is 5.48 Å². The van der Waals surface area contributed by atoms with Gasteiger partial charge in [0.2, 0.25) is 10.0 Å². The molecule has 1 heterocycles. The van der Waals surface area contributed by atoms with E-state index in [0.717, 1.165) is 6.07 Å². The van der Waals surface area contributed by atoms with Crippen molar-refractivity contribution in [3.05, 3.63) is 46.9 Å². The molecule has 8 nitrogen and oxygen atoms in total. The summed E-state index contributed by atoms with van der Waals surface area (Å²) >= 11 is 5.88. The summed E-state index contributed by atoms with van der Waals surface area (Å²) in [5.41, 5.74) is 1.50. The Balaban J connectivity index is 2.43. The lowest BCUT2D eigenvalue weighted by atomic mass is 10.1. The highest BCUT2D eigenvalue weighted by Crippen LogP contribution is 2.28. The molecule has 0 saturated carbocycles. The summed E-state index contributed by atoms with van der Waals surface area (Å²) in [5.74, 6) is -0.328. The topological polar surface area (TPSA) is 135 Å². The van der Waals surface area contributed by atoms with Gasteiger partial charge in [-0.1, -0.05) is 11.6 Å². The van der Waals surface area contributed by atoms with Crippen molar-refractivity contribution in [2.24, 2.45) is 5.14 Å². The van der Waals surface area contributed by atoms with E-state index in [0.29, 0.717) is 5.76 Å². The Bertz CT molecular complexity index is 789. The smallest absolute Gasteiger partial charge is 0.276 e. The number of primary sulfonamides is 1. The second-order valence-corrected chi connectivity index (χ2v) is 6.18. The molecular weight excluding hydrogens is 334 g/mol. The molecule has 0 aliphatic rings. The highest BCUT2D eigenvalue weighted by Gasteiger charge is 2.20. The fraction of sp³-hybridized carbons (Fsp3) is 0.0833. The van der Waals surface area contributed by atoms with Crippen LogP contribution < -0.4 is 15.9 Å². The van der Waals surface area contributed by atoms with E-state index in [1.165, 1.54) is 17.8 Å². The van der Waals surface area contributed by atoms with Crippen molar-refractivity contribution in [3.63, 3.8) is 0 Å². The average molecular weight is 346 g/mol. The zero-order chi connectivity index (χ0) is 16.3. The number of hydrogen-bond acceptors (Lipinski definition) is 6. The van der Waals surface area contributed by atoms with Crippen LogP contribution in [0, 0.1) is 0 Å². The number of amides is 1. The van der Waals surface area contributed by atoms with Gasteiger partial charge in [0.15, 0.2) is 0 Å². The molecule has 0 bridgehead atoms. The van der Waals surface area contributed by atoms with Crippen molar-refractivity contribution in [2.75, 3.05) is 5.32 Å². The van der Waals surface area contributed by atoms with Gasteiger partial charge in [-0.15, -0.1) is 0 Å². The highest BCUT2D eigenvalue weighted by atomic mass is 35.5. The molecule has 118 valence electrons. The first kappa shape index (κ1) is 16.3. The summed E-state index contributed by atoms with van der Waals surface area (Å²) in [5, 5.41) is 16.5. The van der Waals surface area contributed by atoms with Crippen molar-refractivity contribution >= 4 is 33.2 Å². The molecule has 0 fully saturated rings. The lowest BCUT2D eigenvalue weighted by Crippen LogP contribution is -2.22. The molecule has 0 radical (unpaired) electrons. The number of benzene rings is 1. The number of nitrogens with two attached hydrogens (primary N) is 1. The SMILES string of the molecule is NS(=O)(=O)c1cc(C(=O)NO)c(NCc2ccco2)cc1Cl. The maximum Gasteiger partial charge on any atom is 0.276 e. The third kappa shape index (κ3) is 3.57. The molecule has 2 aromatic rings. The van der Waals surface area contributed by atoms with E-state index in [1.807, 2.05) is 0 Å². The maximum atomic E-state index is 11.7. The van der Waals surface area contributed by atoms with Gasteiger partial charge in [-0.2, -0.15) is 0 Å². The molecule has 2 rings (SSSR count). The summed E-state index contributed by atoms with van der Waals surface area (Å²) in [6.07, 6.45) is 1.48. The van der Waals surface area contributed by atoms with E-state index in [9.17, 15) is 13.2 Å². The van der Waals surface area contributed by atoms with Gasteiger partial charge in [-0.25, -0.2) is 19.0 Å². The van der Waals surface area contributed by atoms with Crippen LogP contribution in [0.5, 0.6) is 0 Å². The number of rotatable bonds is 5. The molecule has 0 atom stereocenters. The zero-order valence-corrected chi connectivity index (χ0v) is 12.6. The minimum Gasteiger partial charge on any atom is -0.467 e. The van der Waals surface area contributed by atoms with Crippen LogP contribution in [0.2, 0.25) is 5.02 Å². The molecule has 0 saturated heterocycles. The number of halogens is 1. The molecule has 22 heavy (non-hydrogen) atoms. The number of furan rings is 1. The minimum atomic E-state index is -4.11. The molecule has 1 amide bonds. The quantitative estimate of drug-likeness (QED) is 0.476. The van der Waals surface area contributed by atoms with Crippen LogP contribution in [0.25, 0.3) is 0 Å². The predicted octanol–water partition coefficient (Wildman–Crippen LogP) is 1.31. The van der Waals surface area contributed by atoms with Crippen LogP contribution in [0.4, 0.5) is 5.69 Å². The van der Waals surface area contributed by atoms with E-state index in [-0.39, 0.29) is 22.8 Å². The van der Waals surface area contributed by atoms with E-state index in [4.69, 9.17) is 26.4 Å². The molecular formula is C12H12ClN3O5S. The minimum absolute atomic E-state index is 0.137. The standard InChI is InChI=1S/C12H12ClN3O5S/c13-9-5-10(15-6-7-2-1-3-21-7)8(12(17)16-18)4-11(9)22(14,19)20/h1-5,15,18H,6H2,(H,16,17)(H2,14,19,20). The summed E-state index contributed by atoms with van der Waals surface area (Å²) in [6, 6.07) is 5.61. The first-order valence-corrected chi connectivity index (χ1v) is 7.82. The second kappa shape index (κ2) is 6.36. The Morgan fingerprint density at radius 3 is 2.68 bits per heavy atom. The number of anilines is 1. The van der Waals surface area contributed by atoms with Crippen LogP contribution in [0.15, 0.2) is 39.8 Å². The first-order chi connectivity index (χ1) is 10.3. The molecule has 1 aromatic heterocycles. The number of carbonyl (C=O) groups is 1. The highest BCUT2D eigenvalue weighted by molar-refractivity contribution is 7.89. The lowest BCUT2D eigenvalue weighted by molar-refractivity contribution is 0.0707. The Labute approximate surface area is 130 Å². The Kier molecular flexibility index (Phi) is 4.71. The van der Waals surface area contributed by atoms with Crippen molar-refractivity contribution < 1.29 is 22.8 Å². The predicted molar refractivity (Wildman–Crippen MR) is 78.1 cm³/mol. The normalized spacial score (nSPS) is 11.2. The monoisotopic (exact) mass is 345 g/mol. The molecule has 0 unspecified atom stereocenters. The number of hydrogen-bond donors (Lipinski definition) is 4. The Hall–Kier alpha value is -2.07. The molecule has 0 aliphatic heterocycles. The van der Waals surface area contributed by atoms with Crippen LogP contribution in [-0.2, 0) is 16.6 Å². The number of sulfonamides is 1. The van der Waals surface area contributed by atoms with Gasteiger partial charge in [-0.05, 0) is 24.3 Å². The van der Waals surface area contributed by atoms with Gasteiger partial charge in [0, 0.05) is 5.69 Å². The van der Waals surface area contributed by atoms with E-state index < -0.39 is 20.8 Å². The molecule has 1 aromatic carbocycles. The van der Waals surface area contributed by atoms with Crippen LogP contribution in [0.3, 0.4) is 0 Å². The van der Waals surface area contributed by atoms with Gasteiger partial charge in [0.25, 0.3) is 5.91 Å². The molecule has 5 N–H and O–H groups in total. The van der Waals surface area contributed by atoms with Gasteiger partial charge in [-0.3, -0.25) is 10.0 Å². The number of carbonyl (C=O) groups excluding carboxylic acids is 1. The van der Waals surface area contributed by atoms with Gasteiger partial charge >= 0.3 is 0 Å². The van der Waals surface area contributed by atoms with E-state index in [2.05, 4.69) is 5.32 Å². The lowest BCUT2D eigenvalue weighted by Gasteiger charge is -2.13. The van der Waals surface area contributed by atoms with Gasteiger partial charge in [0.1, 0.15) is 10.7 Å². The Morgan fingerprint density at radius 2 is 2.14 bits per heavy atom. The third-order valence-corrected chi connectivity index (χ3v) is 4.13.